The molecule has 20 heteroatoms. The Bertz CT molecular complexity index is 1630. The van der Waals surface area contributed by atoms with E-state index in [-0.39, 0.29) is 157 Å². The lowest BCUT2D eigenvalue weighted by Crippen LogP contribution is -2.47. The van der Waals surface area contributed by atoms with E-state index in [1.807, 2.05) is 36.4 Å². The summed E-state index contributed by atoms with van der Waals surface area (Å²) in [5, 5.41) is 19.9. The molecule has 3 N–H and O–H groups in total. The van der Waals surface area contributed by atoms with Gasteiger partial charge in [0.15, 0.2) is 0 Å². The molecule has 0 unspecified atom stereocenters. The molecule has 0 atom stereocenters. The van der Waals surface area contributed by atoms with Crippen LogP contribution in [0, 0.1) is 0 Å². The molecule has 0 fully saturated rings. The van der Waals surface area contributed by atoms with Gasteiger partial charge in [-0.15, -0.1) is 0 Å². The van der Waals surface area contributed by atoms with Gasteiger partial charge in [-0.05, 0) is 22.3 Å². The molecule has 64 heavy (non-hydrogen) atoms. The monoisotopic (exact) mass is 904 g/mol. The summed E-state index contributed by atoms with van der Waals surface area (Å²) in [6.45, 7) is 2.80. The highest BCUT2D eigenvalue weighted by atomic mass is 16.6. The van der Waals surface area contributed by atoms with Gasteiger partial charge in [-0.3, -0.25) is 24.0 Å². The summed E-state index contributed by atoms with van der Waals surface area (Å²) in [4.78, 5) is 77.4. The number of alkyl carbamates (subject to hydrolysis) is 1. The molecule has 4 amide bonds. The molecule has 2 aromatic rings. The van der Waals surface area contributed by atoms with Crippen LogP contribution in [-0.2, 0) is 61.9 Å². The van der Waals surface area contributed by atoms with Crippen LogP contribution in [0.2, 0.25) is 0 Å². The zero-order chi connectivity index (χ0) is 46.4. The number of nitrogens with zero attached hydrogens (tertiary/aromatic N) is 3. The van der Waals surface area contributed by atoms with Gasteiger partial charge < -0.3 is 68.1 Å². The molecule has 0 saturated heterocycles. The second-order valence-corrected chi connectivity index (χ2v) is 14.5. The Labute approximate surface area is 373 Å². The van der Waals surface area contributed by atoms with Crippen molar-refractivity contribution in [2.24, 2.45) is 0 Å². The Hall–Kier alpha value is -5.22. The van der Waals surface area contributed by atoms with Crippen LogP contribution in [0.3, 0.4) is 0 Å². The number of hydrogen-bond acceptors (Lipinski definition) is 14. The molecule has 1 aliphatic rings. The van der Waals surface area contributed by atoms with Gasteiger partial charge in [0.25, 0.3) is 0 Å². The molecule has 0 heterocycles. The van der Waals surface area contributed by atoms with Crippen LogP contribution in [0.1, 0.15) is 36.3 Å². The summed E-state index contributed by atoms with van der Waals surface area (Å²) >= 11 is 0. The van der Waals surface area contributed by atoms with Crippen LogP contribution in [0.25, 0.3) is 11.1 Å². The summed E-state index contributed by atoms with van der Waals surface area (Å²) in [6.07, 6.45) is -0.880. The number of ether oxygens (including phenoxy) is 8. The van der Waals surface area contributed by atoms with Gasteiger partial charge in [0, 0.05) is 39.6 Å². The normalized spacial score (nSPS) is 11.7. The Balaban J connectivity index is 1.38. The smallest absolute Gasteiger partial charge is 0.407 e. The zero-order valence-corrected chi connectivity index (χ0v) is 36.9. The minimum atomic E-state index is -0.936. The van der Waals surface area contributed by atoms with Crippen molar-refractivity contribution < 1.29 is 76.9 Å². The maximum absolute atomic E-state index is 13.4. The minimum absolute atomic E-state index is 0.0233. The number of rotatable bonds is 36. The number of nitrogens with one attached hydrogen (secondary N) is 1. The Kier molecular flexibility index (Phi) is 26.2. The number of amides is 4. The first-order chi connectivity index (χ1) is 31.0. The van der Waals surface area contributed by atoms with Crippen LogP contribution < -0.4 is 5.32 Å². The average molecular weight is 905 g/mol. The molecule has 1 aliphatic carbocycles. The topological polar surface area (TPSA) is 238 Å². The quantitative estimate of drug-likeness (QED) is 0.0826. The highest BCUT2D eigenvalue weighted by Gasteiger charge is 2.29. The fourth-order valence-electron chi connectivity index (χ4n) is 6.15. The van der Waals surface area contributed by atoms with Crippen molar-refractivity contribution in [3.8, 4) is 11.1 Å². The van der Waals surface area contributed by atoms with Crippen molar-refractivity contribution in [1.29, 1.82) is 0 Å². The SMILES string of the molecule is CN(CCOCCOCCOCCC(=O)O)C(=O)CN(CC(=O)N(C)CCOCCOCCOCCC(=O)O)C(=O)CCOCCNC(=O)OCC1c2ccccc2-c2ccccc21. The van der Waals surface area contributed by atoms with E-state index in [2.05, 4.69) is 17.4 Å². The lowest BCUT2D eigenvalue weighted by Gasteiger charge is -2.27. The van der Waals surface area contributed by atoms with Crippen molar-refractivity contribution in [3.05, 3.63) is 59.7 Å². The summed E-state index contributed by atoms with van der Waals surface area (Å²) < 4.78 is 43.3. The number of aliphatic carboxylic acids is 2. The van der Waals surface area contributed by atoms with Gasteiger partial charge in [0.05, 0.1) is 112 Å². The van der Waals surface area contributed by atoms with Gasteiger partial charge in [-0.2, -0.15) is 0 Å². The van der Waals surface area contributed by atoms with Crippen LogP contribution >= 0.6 is 0 Å². The first-order valence-corrected chi connectivity index (χ1v) is 21.3. The second-order valence-electron chi connectivity index (χ2n) is 14.5. The van der Waals surface area contributed by atoms with Gasteiger partial charge in [-0.25, -0.2) is 4.79 Å². The number of carboxylic acids is 2. The van der Waals surface area contributed by atoms with Crippen molar-refractivity contribution >= 4 is 35.8 Å². The number of carbonyl (C=O) groups is 6. The predicted octanol–water partition coefficient (Wildman–Crippen LogP) is 1.73. The number of benzene rings is 2. The van der Waals surface area contributed by atoms with Gasteiger partial charge in [-0.1, -0.05) is 48.5 Å². The van der Waals surface area contributed by atoms with E-state index >= 15 is 0 Å². The van der Waals surface area contributed by atoms with Crippen LogP contribution in [0.4, 0.5) is 4.79 Å². The molecule has 20 nitrogen and oxygen atoms in total. The molecule has 0 radical (unpaired) electrons. The van der Waals surface area contributed by atoms with Crippen molar-refractivity contribution in [2.45, 2.75) is 25.2 Å². The van der Waals surface area contributed by atoms with Crippen molar-refractivity contribution in [3.63, 3.8) is 0 Å². The maximum Gasteiger partial charge on any atom is 0.407 e. The van der Waals surface area contributed by atoms with E-state index in [4.69, 9.17) is 48.1 Å². The molecule has 3 rings (SSSR count). The fraction of sp³-hybridized carbons (Fsp3) is 0.591. The molecule has 2 aromatic carbocycles. The largest absolute Gasteiger partial charge is 0.481 e. The van der Waals surface area contributed by atoms with Crippen LogP contribution in [-0.4, -0.2) is 207 Å². The van der Waals surface area contributed by atoms with Gasteiger partial charge >= 0.3 is 18.0 Å². The molecular weight excluding hydrogens is 840 g/mol. The van der Waals surface area contributed by atoms with E-state index in [1.54, 1.807) is 14.1 Å². The van der Waals surface area contributed by atoms with Gasteiger partial charge in [0.1, 0.15) is 19.7 Å². The molecule has 0 saturated carbocycles. The maximum atomic E-state index is 13.4. The third-order valence-electron chi connectivity index (χ3n) is 9.73. The summed E-state index contributed by atoms with van der Waals surface area (Å²) in [7, 11) is 3.13. The summed E-state index contributed by atoms with van der Waals surface area (Å²) in [6, 6.07) is 16.1. The highest BCUT2D eigenvalue weighted by molar-refractivity contribution is 5.89. The van der Waals surface area contributed by atoms with Crippen LogP contribution in [0.15, 0.2) is 48.5 Å². The lowest BCUT2D eigenvalue weighted by molar-refractivity contribution is -0.145. The zero-order valence-electron chi connectivity index (χ0n) is 36.9. The van der Waals surface area contributed by atoms with E-state index in [0.717, 1.165) is 22.3 Å². The highest BCUT2D eigenvalue weighted by Crippen LogP contribution is 2.44. The Morgan fingerprint density at radius 2 is 0.906 bits per heavy atom. The van der Waals surface area contributed by atoms with Gasteiger partial charge in [0.2, 0.25) is 17.7 Å². The van der Waals surface area contributed by atoms with Crippen molar-refractivity contribution in [2.75, 3.05) is 146 Å². The van der Waals surface area contributed by atoms with Crippen molar-refractivity contribution in [1.82, 2.24) is 20.0 Å². The van der Waals surface area contributed by atoms with E-state index in [1.165, 1.54) is 14.7 Å². The summed E-state index contributed by atoms with van der Waals surface area (Å²) in [5.74, 6) is -3.25. The van der Waals surface area contributed by atoms with Crippen LogP contribution in [0.5, 0.6) is 0 Å². The number of fused-ring (bicyclic) bond motifs is 3. The molecule has 0 spiro atoms. The third-order valence-corrected chi connectivity index (χ3v) is 9.73. The second kappa shape index (κ2) is 31.6. The van der Waals surface area contributed by atoms with E-state index < -0.39 is 35.8 Å². The molecule has 0 bridgehead atoms. The molecular formula is C44H64N4O16. The molecule has 0 aromatic heterocycles. The molecule has 0 aliphatic heterocycles. The average Bonchev–Trinajstić information content (AvgIpc) is 3.60. The number of carbonyl (C=O) groups excluding carboxylic acids is 4. The lowest BCUT2D eigenvalue weighted by atomic mass is 9.98. The number of likely N-dealkylation sites (N-methyl/N-ethyl adjacent to an activating group) is 2. The van der Waals surface area contributed by atoms with E-state index in [0.29, 0.717) is 0 Å². The Morgan fingerprint density at radius 1 is 0.516 bits per heavy atom. The summed E-state index contributed by atoms with van der Waals surface area (Å²) in [5.41, 5.74) is 4.46. The Morgan fingerprint density at radius 3 is 1.36 bits per heavy atom. The minimum Gasteiger partial charge on any atom is -0.481 e. The van der Waals surface area contributed by atoms with E-state index in [9.17, 15) is 28.8 Å². The third kappa shape index (κ3) is 21.4. The standard InChI is InChI=1S/C44H64N4O16/c1-46(15-21-60-25-29-62-27-23-58-18-12-42(52)53)40(50)31-48(32-41(51)47(2)16-22-61-26-30-63-28-24-59-19-13-43(54)55)39(49)11-17-57-20-14-45-44(56)64-33-38-36-9-5-3-7-34(36)35-8-4-6-10-37(35)38/h3-10,38H,11-33H2,1-2H3,(H,45,56)(H,52,53)(H,54,55). The predicted molar refractivity (Wildman–Crippen MR) is 230 cm³/mol. The number of carboxylic acid groups (broad SMARTS) is 2. The number of hydrogen-bond donors (Lipinski definition) is 3. The fourth-order valence-corrected chi connectivity index (χ4v) is 6.15. The first kappa shape index (κ1) is 53.1. The molecule has 356 valence electrons. The first-order valence-electron chi connectivity index (χ1n) is 21.3.